The van der Waals surface area contributed by atoms with Gasteiger partial charge in [0.15, 0.2) is 0 Å². The number of aromatic hydroxyl groups is 1. The summed E-state index contributed by atoms with van der Waals surface area (Å²) < 4.78 is 0. The van der Waals surface area contributed by atoms with E-state index in [0.29, 0.717) is 5.75 Å². The molecule has 1 aliphatic carbocycles. The number of phenols is 1. The molecule has 0 aliphatic heterocycles. The van der Waals surface area contributed by atoms with E-state index in [1.807, 2.05) is 12.1 Å². The monoisotopic (exact) mass is 214 g/mol. The van der Waals surface area contributed by atoms with Gasteiger partial charge in [-0.15, -0.1) is 0 Å². The third-order valence-electron chi connectivity index (χ3n) is 3.31. The van der Waals surface area contributed by atoms with Gasteiger partial charge in [-0.05, 0) is 36.1 Å². The Bertz CT molecular complexity index is 421. The number of hydrogen-bond acceptors (Lipinski definition) is 1. The minimum Gasteiger partial charge on any atom is -0.508 e. The minimum atomic E-state index is 0.0185. The number of hydrogen-bond donors (Lipinski definition) is 1. The number of rotatable bonds is 2. The highest BCUT2D eigenvalue weighted by Crippen LogP contribution is 2.34. The third kappa shape index (κ3) is 2.04. The van der Waals surface area contributed by atoms with Crippen molar-refractivity contribution in [1.82, 2.24) is 0 Å². The molecule has 0 atom stereocenters. The minimum absolute atomic E-state index is 0.0185. The Morgan fingerprint density at radius 2 is 1.75 bits per heavy atom. The van der Waals surface area contributed by atoms with Gasteiger partial charge in [-0.1, -0.05) is 44.2 Å². The van der Waals surface area contributed by atoms with Crippen LogP contribution in [0.2, 0.25) is 0 Å². The molecule has 0 bridgehead atoms. The van der Waals surface area contributed by atoms with Crippen LogP contribution in [-0.4, -0.2) is 5.11 Å². The molecule has 0 amide bonds. The normalized spacial score (nSPS) is 16.0. The van der Waals surface area contributed by atoms with Crippen LogP contribution in [0.25, 0.3) is 0 Å². The molecule has 0 unspecified atom stereocenters. The van der Waals surface area contributed by atoms with E-state index in [-0.39, 0.29) is 5.41 Å². The second-order valence-corrected chi connectivity index (χ2v) is 4.81. The highest BCUT2D eigenvalue weighted by molar-refractivity contribution is 5.42. The Balaban J connectivity index is 2.34. The Labute approximate surface area is 97.1 Å². The van der Waals surface area contributed by atoms with Crippen molar-refractivity contribution < 1.29 is 5.11 Å². The van der Waals surface area contributed by atoms with Crippen molar-refractivity contribution in [3.05, 3.63) is 53.6 Å². The summed E-state index contributed by atoms with van der Waals surface area (Å²) in [4.78, 5) is 0. The average molecular weight is 214 g/mol. The Morgan fingerprint density at radius 1 is 1.06 bits per heavy atom. The first kappa shape index (κ1) is 11.0. The molecule has 0 saturated carbocycles. The van der Waals surface area contributed by atoms with Crippen molar-refractivity contribution in [3.63, 3.8) is 0 Å². The fourth-order valence-corrected chi connectivity index (χ4v) is 2.12. The maximum absolute atomic E-state index is 9.30. The lowest BCUT2D eigenvalue weighted by Gasteiger charge is -2.28. The molecule has 16 heavy (non-hydrogen) atoms. The maximum Gasteiger partial charge on any atom is 0.115 e. The molecule has 1 aliphatic rings. The molecule has 1 heteroatoms. The van der Waals surface area contributed by atoms with Crippen LogP contribution in [0.3, 0.4) is 0 Å². The lowest BCUT2D eigenvalue weighted by molar-refractivity contribution is 0.474. The van der Waals surface area contributed by atoms with E-state index in [2.05, 4.69) is 32.1 Å². The van der Waals surface area contributed by atoms with Gasteiger partial charge >= 0.3 is 0 Å². The zero-order chi connectivity index (χ0) is 11.6. The molecule has 0 aromatic heterocycles. The standard InChI is InChI=1S/C15H18O/c1-15(2,12-6-4-3-5-7-12)13-8-10-14(16)11-9-13/h4,6-11,16H,3,5H2,1-2H3. The zero-order valence-corrected chi connectivity index (χ0v) is 9.90. The predicted octanol–water partition coefficient (Wildman–Crippen LogP) is 3.95. The van der Waals surface area contributed by atoms with E-state index >= 15 is 0 Å². The second kappa shape index (κ2) is 4.17. The van der Waals surface area contributed by atoms with Crippen LogP contribution in [0.1, 0.15) is 32.3 Å². The summed E-state index contributed by atoms with van der Waals surface area (Å²) in [5.41, 5.74) is 2.62. The lowest BCUT2D eigenvalue weighted by atomic mass is 9.76. The maximum atomic E-state index is 9.30. The van der Waals surface area contributed by atoms with Crippen LogP contribution in [0, 0.1) is 0 Å². The van der Waals surface area contributed by atoms with E-state index in [0.717, 1.165) is 12.8 Å². The topological polar surface area (TPSA) is 20.2 Å². The fraction of sp³-hybridized carbons (Fsp3) is 0.333. The van der Waals surface area contributed by atoms with Crippen LogP contribution >= 0.6 is 0 Å². The summed E-state index contributed by atoms with van der Waals surface area (Å²) in [6, 6.07) is 7.51. The van der Waals surface area contributed by atoms with Gasteiger partial charge in [0, 0.05) is 5.41 Å². The number of phenolic OH excluding ortho intramolecular Hbond substituents is 1. The van der Waals surface area contributed by atoms with Gasteiger partial charge in [0.2, 0.25) is 0 Å². The molecule has 0 radical (unpaired) electrons. The molecule has 1 N–H and O–H groups in total. The summed E-state index contributed by atoms with van der Waals surface area (Å²) in [5.74, 6) is 0.327. The van der Waals surface area contributed by atoms with Crippen molar-refractivity contribution >= 4 is 0 Å². The average Bonchev–Trinajstić information content (AvgIpc) is 2.31. The van der Waals surface area contributed by atoms with Crippen LogP contribution in [0.5, 0.6) is 5.75 Å². The Hall–Kier alpha value is -1.50. The van der Waals surface area contributed by atoms with Crippen LogP contribution in [-0.2, 0) is 5.41 Å². The summed E-state index contributed by atoms with van der Waals surface area (Å²) in [7, 11) is 0. The SMILES string of the molecule is CC(C)(C1=CCCC=C1)c1ccc(O)cc1. The van der Waals surface area contributed by atoms with Crippen molar-refractivity contribution in [1.29, 1.82) is 0 Å². The smallest absolute Gasteiger partial charge is 0.115 e. The number of allylic oxidation sites excluding steroid dienone is 4. The predicted molar refractivity (Wildman–Crippen MR) is 67.6 cm³/mol. The molecule has 0 spiro atoms. The zero-order valence-electron chi connectivity index (χ0n) is 9.90. The summed E-state index contributed by atoms with van der Waals surface area (Å²) in [6.45, 7) is 4.45. The van der Waals surface area contributed by atoms with Crippen LogP contribution < -0.4 is 0 Å². The van der Waals surface area contributed by atoms with Gasteiger partial charge < -0.3 is 5.11 Å². The van der Waals surface area contributed by atoms with E-state index in [1.165, 1.54) is 11.1 Å². The first-order chi connectivity index (χ1) is 7.60. The van der Waals surface area contributed by atoms with Crippen molar-refractivity contribution in [2.24, 2.45) is 0 Å². The molecule has 0 saturated heterocycles. The summed E-state index contributed by atoms with van der Waals surface area (Å²) in [6.07, 6.45) is 9.04. The van der Waals surface area contributed by atoms with Crippen molar-refractivity contribution in [3.8, 4) is 5.75 Å². The molecule has 84 valence electrons. The molecule has 1 aromatic rings. The highest BCUT2D eigenvalue weighted by Gasteiger charge is 2.24. The largest absolute Gasteiger partial charge is 0.508 e. The quantitative estimate of drug-likeness (QED) is 0.790. The molecular weight excluding hydrogens is 196 g/mol. The van der Waals surface area contributed by atoms with Gasteiger partial charge in [-0.3, -0.25) is 0 Å². The fourth-order valence-electron chi connectivity index (χ4n) is 2.12. The first-order valence-electron chi connectivity index (χ1n) is 5.77. The highest BCUT2D eigenvalue weighted by atomic mass is 16.3. The molecule has 2 rings (SSSR count). The van der Waals surface area contributed by atoms with Gasteiger partial charge in [0.25, 0.3) is 0 Å². The lowest BCUT2D eigenvalue weighted by Crippen LogP contribution is -2.19. The Kier molecular flexibility index (Phi) is 2.86. The van der Waals surface area contributed by atoms with Crippen LogP contribution in [0.15, 0.2) is 48.1 Å². The molecule has 0 heterocycles. The van der Waals surface area contributed by atoms with E-state index in [1.54, 1.807) is 12.1 Å². The van der Waals surface area contributed by atoms with Gasteiger partial charge in [0.05, 0.1) is 0 Å². The second-order valence-electron chi connectivity index (χ2n) is 4.81. The molecular formula is C15H18O. The van der Waals surface area contributed by atoms with Gasteiger partial charge in [-0.2, -0.15) is 0 Å². The third-order valence-corrected chi connectivity index (χ3v) is 3.31. The number of benzene rings is 1. The molecule has 1 nitrogen and oxygen atoms in total. The van der Waals surface area contributed by atoms with Crippen molar-refractivity contribution in [2.75, 3.05) is 0 Å². The Morgan fingerprint density at radius 3 is 2.31 bits per heavy atom. The van der Waals surface area contributed by atoms with Crippen molar-refractivity contribution in [2.45, 2.75) is 32.1 Å². The van der Waals surface area contributed by atoms with E-state index < -0.39 is 0 Å². The van der Waals surface area contributed by atoms with Gasteiger partial charge in [0.1, 0.15) is 5.75 Å². The van der Waals surface area contributed by atoms with E-state index in [4.69, 9.17) is 0 Å². The summed E-state index contributed by atoms with van der Waals surface area (Å²) >= 11 is 0. The first-order valence-corrected chi connectivity index (χ1v) is 5.77. The molecule has 1 aromatic carbocycles. The summed E-state index contributed by atoms with van der Waals surface area (Å²) in [5, 5.41) is 9.30. The van der Waals surface area contributed by atoms with Gasteiger partial charge in [-0.25, -0.2) is 0 Å². The van der Waals surface area contributed by atoms with E-state index in [9.17, 15) is 5.11 Å². The molecule has 0 fully saturated rings. The van der Waals surface area contributed by atoms with Crippen LogP contribution in [0.4, 0.5) is 0 Å².